The summed E-state index contributed by atoms with van der Waals surface area (Å²) in [6.45, 7) is 6.39. The average Bonchev–Trinajstić information content (AvgIpc) is 2.41. The quantitative estimate of drug-likeness (QED) is 0.836. The lowest BCUT2D eigenvalue weighted by molar-refractivity contribution is 0.247. The van der Waals surface area contributed by atoms with Gasteiger partial charge in [-0.05, 0) is 38.5 Å². The zero-order valence-corrected chi connectivity index (χ0v) is 12.9. The first-order chi connectivity index (χ1) is 9.41. The minimum Gasteiger partial charge on any atom is -0.493 e. The monoisotopic (exact) mass is 285 g/mol. The van der Waals surface area contributed by atoms with Crippen molar-refractivity contribution in [3.05, 3.63) is 17.7 Å². The maximum absolute atomic E-state index is 12.3. The SMILES string of the molecule is COc1cc(CNC(C)(C)C)cc(OC)c1OCCF. The first kappa shape index (κ1) is 16.6. The smallest absolute Gasteiger partial charge is 0.203 e. The number of rotatable bonds is 7. The molecule has 0 aromatic heterocycles. The number of ether oxygens (including phenoxy) is 3. The fourth-order valence-corrected chi connectivity index (χ4v) is 1.69. The molecule has 1 rings (SSSR count). The van der Waals surface area contributed by atoms with E-state index in [1.54, 1.807) is 14.2 Å². The van der Waals surface area contributed by atoms with Crippen LogP contribution in [-0.4, -0.2) is 33.0 Å². The van der Waals surface area contributed by atoms with Gasteiger partial charge in [0.1, 0.15) is 13.3 Å². The molecule has 0 saturated carbocycles. The molecule has 1 N–H and O–H groups in total. The minimum absolute atomic E-state index is 0.0177. The molecule has 20 heavy (non-hydrogen) atoms. The molecule has 0 atom stereocenters. The lowest BCUT2D eigenvalue weighted by atomic mass is 10.1. The first-order valence-electron chi connectivity index (χ1n) is 6.60. The third kappa shape index (κ3) is 4.89. The van der Waals surface area contributed by atoms with Crippen molar-refractivity contribution < 1.29 is 18.6 Å². The molecular weight excluding hydrogens is 261 g/mol. The molecule has 5 heteroatoms. The van der Waals surface area contributed by atoms with E-state index in [0.717, 1.165) is 5.56 Å². The van der Waals surface area contributed by atoms with Crippen molar-refractivity contribution in [3.8, 4) is 17.2 Å². The predicted octanol–water partition coefficient (Wildman–Crippen LogP) is 2.94. The number of hydrogen-bond donors (Lipinski definition) is 1. The molecule has 0 spiro atoms. The van der Waals surface area contributed by atoms with Gasteiger partial charge in [-0.2, -0.15) is 0 Å². The maximum Gasteiger partial charge on any atom is 0.203 e. The van der Waals surface area contributed by atoms with Crippen LogP contribution in [0.2, 0.25) is 0 Å². The van der Waals surface area contributed by atoms with Crippen LogP contribution in [0.15, 0.2) is 12.1 Å². The Morgan fingerprint density at radius 3 is 2.05 bits per heavy atom. The normalized spacial score (nSPS) is 11.3. The van der Waals surface area contributed by atoms with E-state index < -0.39 is 6.67 Å². The van der Waals surface area contributed by atoms with Crippen LogP contribution < -0.4 is 19.5 Å². The molecule has 0 aliphatic rings. The van der Waals surface area contributed by atoms with Gasteiger partial charge in [-0.25, -0.2) is 4.39 Å². The summed E-state index contributed by atoms with van der Waals surface area (Å²) in [5.41, 5.74) is 1.03. The highest BCUT2D eigenvalue weighted by Crippen LogP contribution is 2.38. The second-order valence-electron chi connectivity index (χ2n) is 5.47. The molecule has 0 amide bonds. The molecule has 0 fully saturated rings. The van der Waals surface area contributed by atoms with Crippen molar-refractivity contribution in [2.45, 2.75) is 32.9 Å². The first-order valence-corrected chi connectivity index (χ1v) is 6.60. The highest BCUT2D eigenvalue weighted by Gasteiger charge is 2.15. The second kappa shape index (κ2) is 7.33. The summed E-state index contributed by atoms with van der Waals surface area (Å²) in [5.74, 6) is 1.53. The third-order valence-electron chi connectivity index (χ3n) is 2.67. The Balaban J connectivity index is 2.99. The van der Waals surface area contributed by atoms with Gasteiger partial charge in [-0.1, -0.05) is 0 Å². The number of halogens is 1. The molecule has 0 bridgehead atoms. The largest absolute Gasteiger partial charge is 0.493 e. The van der Waals surface area contributed by atoms with Crippen molar-refractivity contribution in [2.24, 2.45) is 0 Å². The van der Waals surface area contributed by atoms with Gasteiger partial charge in [0.05, 0.1) is 14.2 Å². The van der Waals surface area contributed by atoms with E-state index in [9.17, 15) is 4.39 Å². The lowest BCUT2D eigenvalue weighted by Crippen LogP contribution is -2.35. The summed E-state index contributed by atoms with van der Waals surface area (Å²) in [4.78, 5) is 0. The highest BCUT2D eigenvalue weighted by atomic mass is 19.1. The topological polar surface area (TPSA) is 39.7 Å². The van der Waals surface area contributed by atoms with Crippen molar-refractivity contribution in [3.63, 3.8) is 0 Å². The van der Waals surface area contributed by atoms with Crippen LogP contribution in [0.4, 0.5) is 4.39 Å². The van der Waals surface area contributed by atoms with E-state index >= 15 is 0 Å². The number of methoxy groups -OCH3 is 2. The van der Waals surface area contributed by atoms with Crippen molar-refractivity contribution >= 4 is 0 Å². The van der Waals surface area contributed by atoms with Crippen molar-refractivity contribution in [2.75, 3.05) is 27.5 Å². The molecule has 0 aliphatic heterocycles. The molecule has 0 saturated heterocycles. The number of benzene rings is 1. The number of hydrogen-bond acceptors (Lipinski definition) is 4. The van der Waals surface area contributed by atoms with Crippen LogP contribution in [0, 0.1) is 0 Å². The summed E-state index contributed by atoms with van der Waals surface area (Å²) in [6, 6.07) is 3.74. The van der Waals surface area contributed by atoms with Gasteiger partial charge < -0.3 is 19.5 Å². The Bertz CT molecular complexity index is 405. The fourth-order valence-electron chi connectivity index (χ4n) is 1.69. The Morgan fingerprint density at radius 1 is 1.10 bits per heavy atom. The molecule has 0 unspecified atom stereocenters. The molecule has 114 valence electrons. The van der Waals surface area contributed by atoms with E-state index in [0.29, 0.717) is 23.8 Å². The van der Waals surface area contributed by atoms with Crippen molar-refractivity contribution in [1.29, 1.82) is 0 Å². The summed E-state index contributed by atoms with van der Waals surface area (Å²) in [5, 5.41) is 3.39. The summed E-state index contributed by atoms with van der Waals surface area (Å²) in [7, 11) is 3.11. The lowest BCUT2D eigenvalue weighted by Gasteiger charge is -2.21. The van der Waals surface area contributed by atoms with Gasteiger partial charge in [0, 0.05) is 12.1 Å². The molecule has 1 aromatic rings. The van der Waals surface area contributed by atoms with Crippen LogP contribution in [0.5, 0.6) is 17.2 Å². The van der Waals surface area contributed by atoms with Crippen molar-refractivity contribution in [1.82, 2.24) is 5.32 Å². The molecule has 0 radical (unpaired) electrons. The second-order valence-corrected chi connectivity index (χ2v) is 5.47. The highest BCUT2D eigenvalue weighted by molar-refractivity contribution is 5.53. The zero-order valence-electron chi connectivity index (χ0n) is 12.9. The van der Waals surface area contributed by atoms with Crippen LogP contribution in [-0.2, 0) is 6.54 Å². The Morgan fingerprint density at radius 2 is 1.65 bits per heavy atom. The van der Waals surface area contributed by atoms with Gasteiger partial charge in [-0.3, -0.25) is 0 Å². The maximum atomic E-state index is 12.3. The summed E-state index contributed by atoms with van der Waals surface area (Å²) >= 11 is 0. The van der Waals surface area contributed by atoms with Gasteiger partial charge in [0.15, 0.2) is 11.5 Å². The van der Waals surface area contributed by atoms with Gasteiger partial charge in [-0.15, -0.1) is 0 Å². The average molecular weight is 285 g/mol. The van der Waals surface area contributed by atoms with Crippen LogP contribution in [0.3, 0.4) is 0 Å². The van der Waals surface area contributed by atoms with Gasteiger partial charge in [0.2, 0.25) is 5.75 Å². The van der Waals surface area contributed by atoms with E-state index in [2.05, 4.69) is 26.1 Å². The molecular formula is C15H24FNO3. The van der Waals surface area contributed by atoms with E-state index in [1.807, 2.05) is 12.1 Å². The standard InChI is InChI=1S/C15H24FNO3/c1-15(2,3)17-10-11-8-12(18-4)14(20-7-6-16)13(9-11)19-5/h8-9,17H,6-7,10H2,1-5H3. The zero-order chi connectivity index (χ0) is 15.2. The third-order valence-corrected chi connectivity index (χ3v) is 2.67. The summed E-state index contributed by atoms with van der Waals surface area (Å²) in [6.07, 6.45) is 0. The molecule has 0 heterocycles. The van der Waals surface area contributed by atoms with E-state index in [1.165, 1.54) is 0 Å². The molecule has 0 aliphatic carbocycles. The van der Waals surface area contributed by atoms with Gasteiger partial charge >= 0.3 is 0 Å². The van der Waals surface area contributed by atoms with Crippen LogP contribution >= 0.6 is 0 Å². The van der Waals surface area contributed by atoms with Crippen LogP contribution in [0.1, 0.15) is 26.3 Å². The Hall–Kier alpha value is -1.49. The minimum atomic E-state index is -0.556. The van der Waals surface area contributed by atoms with Crippen LogP contribution in [0.25, 0.3) is 0 Å². The molecule has 1 aromatic carbocycles. The van der Waals surface area contributed by atoms with E-state index in [-0.39, 0.29) is 12.1 Å². The fraction of sp³-hybridized carbons (Fsp3) is 0.600. The van der Waals surface area contributed by atoms with E-state index in [4.69, 9.17) is 14.2 Å². The molecule has 4 nitrogen and oxygen atoms in total. The Labute approximate surface area is 120 Å². The van der Waals surface area contributed by atoms with Gasteiger partial charge in [0.25, 0.3) is 0 Å². The Kier molecular flexibility index (Phi) is 6.07. The predicted molar refractivity (Wildman–Crippen MR) is 77.6 cm³/mol. The number of alkyl halides is 1. The number of nitrogens with one attached hydrogen (secondary N) is 1. The summed E-state index contributed by atoms with van der Waals surface area (Å²) < 4.78 is 28.2.